The molecule has 0 aromatic carbocycles. The monoisotopic (exact) mass is 808 g/mol. The van der Waals surface area contributed by atoms with E-state index in [0.29, 0.717) is 6.42 Å². The maximum atomic E-state index is 12.9. The fourth-order valence-electron chi connectivity index (χ4n) is 7.34. The molecule has 1 fully saturated rings. The summed E-state index contributed by atoms with van der Waals surface area (Å²) in [4.78, 5) is 12.9. The van der Waals surface area contributed by atoms with Gasteiger partial charge in [0.2, 0.25) is 5.91 Å². The summed E-state index contributed by atoms with van der Waals surface area (Å²) >= 11 is 0. The van der Waals surface area contributed by atoms with Gasteiger partial charge in [-0.05, 0) is 57.8 Å². The van der Waals surface area contributed by atoms with Crippen molar-refractivity contribution in [2.75, 3.05) is 13.2 Å². The van der Waals surface area contributed by atoms with E-state index in [4.69, 9.17) is 9.47 Å². The molecule has 1 heterocycles. The topological polar surface area (TPSA) is 149 Å². The Kier molecular flexibility index (Phi) is 36.2. The molecule has 1 rings (SSSR count). The van der Waals surface area contributed by atoms with Gasteiger partial charge in [0.05, 0.1) is 25.4 Å². The number of carbonyl (C=O) groups excluding carboxylic acids is 1. The number of aliphatic hydroxyl groups excluding tert-OH is 5. The second kappa shape index (κ2) is 38.6. The third kappa shape index (κ3) is 29.3. The van der Waals surface area contributed by atoms with E-state index in [1.807, 2.05) is 6.08 Å². The molecule has 1 aliphatic heterocycles. The molecule has 1 aliphatic rings. The molecule has 0 aromatic rings. The highest BCUT2D eigenvalue weighted by Crippen LogP contribution is 2.22. The van der Waals surface area contributed by atoms with Crippen molar-refractivity contribution in [3.8, 4) is 0 Å². The lowest BCUT2D eigenvalue weighted by molar-refractivity contribution is -0.302. The van der Waals surface area contributed by atoms with Crippen LogP contribution in [0.2, 0.25) is 0 Å². The molecule has 0 bridgehead atoms. The van der Waals surface area contributed by atoms with Gasteiger partial charge < -0.3 is 40.3 Å². The van der Waals surface area contributed by atoms with Crippen LogP contribution < -0.4 is 5.32 Å². The van der Waals surface area contributed by atoms with Crippen LogP contribution in [0.1, 0.15) is 206 Å². The number of unbranched alkanes of at least 4 members (excludes halogenated alkanes) is 25. The number of hydrogen-bond acceptors (Lipinski definition) is 8. The van der Waals surface area contributed by atoms with Gasteiger partial charge in [0.1, 0.15) is 24.4 Å². The van der Waals surface area contributed by atoms with Gasteiger partial charge in [-0.25, -0.2) is 0 Å². The normalized spacial score (nSPS) is 21.3. The zero-order valence-corrected chi connectivity index (χ0v) is 36.6. The third-order valence-corrected chi connectivity index (χ3v) is 11.2. The highest BCUT2D eigenvalue weighted by molar-refractivity contribution is 5.76. The molecular weight excluding hydrogens is 719 g/mol. The molecular formula is C48H89NO8. The number of nitrogens with one attached hydrogen (secondary N) is 1. The van der Waals surface area contributed by atoms with Crippen LogP contribution in [0.5, 0.6) is 0 Å². The van der Waals surface area contributed by atoms with Crippen molar-refractivity contribution in [1.29, 1.82) is 0 Å². The van der Waals surface area contributed by atoms with Crippen LogP contribution in [0.25, 0.3) is 0 Å². The lowest BCUT2D eigenvalue weighted by atomic mass is 9.99. The summed E-state index contributed by atoms with van der Waals surface area (Å²) < 4.78 is 11.2. The summed E-state index contributed by atoms with van der Waals surface area (Å²) in [5, 5.41) is 54.0. The van der Waals surface area contributed by atoms with E-state index in [1.165, 1.54) is 148 Å². The van der Waals surface area contributed by atoms with Gasteiger partial charge in [0.15, 0.2) is 6.29 Å². The largest absolute Gasteiger partial charge is 0.394 e. The van der Waals surface area contributed by atoms with Gasteiger partial charge in [0, 0.05) is 6.42 Å². The number of aliphatic hydroxyl groups is 5. The molecule has 334 valence electrons. The van der Waals surface area contributed by atoms with Crippen LogP contribution in [-0.2, 0) is 14.3 Å². The fourth-order valence-corrected chi connectivity index (χ4v) is 7.34. The van der Waals surface area contributed by atoms with Gasteiger partial charge in [-0.3, -0.25) is 4.79 Å². The third-order valence-electron chi connectivity index (χ3n) is 11.2. The van der Waals surface area contributed by atoms with Gasteiger partial charge in [-0.2, -0.15) is 0 Å². The minimum absolute atomic E-state index is 0.192. The van der Waals surface area contributed by atoms with Gasteiger partial charge in [-0.15, -0.1) is 0 Å². The lowest BCUT2D eigenvalue weighted by Gasteiger charge is -2.40. The molecule has 0 aromatic heterocycles. The van der Waals surface area contributed by atoms with Crippen molar-refractivity contribution in [3.63, 3.8) is 0 Å². The number of ether oxygens (including phenoxy) is 2. The first kappa shape index (κ1) is 53.4. The Morgan fingerprint density at radius 2 is 1.00 bits per heavy atom. The standard InChI is InChI=1S/C48H89NO8/c1-3-5-7-9-11-13-14-15-16-17-18-19-20-21-22-23-24-25-26-27-28-30-32-34-36-38-44(52)49-41(42(51)37-35-33-31-29-12-10-8-6-4-2)40-56-48-47(55)46(54)45(53)43(39-50)57-48/h12,21-22,29,35,37,41-43,45-48,50-51,53-55H,3-11,13-20,23-28,30-34,36,38-40H2,1-2H3,(H,49,52)/b22-21-,29-12+,37-35+. The predicted molar refractivity (Wildman–Crippen MR) is 235 cm³/mol. The molecule has 9 nitrogen and oxygen atoms in total. The minimum atomic E-state index is -1.57. The van der Waals surface area contributed by atoms with E-state index in [9.17, 15) is 30.3 Å². The molecule has 9 heteroatoms. The van der Waals surface area contributed by atoms with Crippen LogP contribution in [0, 0.1) is 0 Å². The fraction of sp³-hybridized carbons (Fsp3) is 0.854. The van der Waals surface area contributed by atoms with Crippen molar-refractivity contribution in [2.24, 2.45) is 0 Å². The number of rotatable bonds is 39. The molecule has 1 saturated heterocycles. The van der Waals surface area contributed by atoms with Gasteiger partial charge >= 0.3 is 0 Å². The molecule has 6 N–H and O–H groups in total. The van der Waals surface area contributed by atoms with E-state index >= 15 is 0 Å². The van der Waals surface area contributed by atoms with Crippen LogP contribution in [0.15, 0.2) is 36.5 Å². The number of hydrogen-bond donors (Lipinski definition) is 6. The van der Waals surface area contributed by atoms with E-state index in [0.717, 1.165) is 38.5 Å². The maximum absolute atomic E-state index is 12.9. The Labute approximate surface area is 349 Å². The SMILES string of the molecule is CCCCC/C=C/CC/C=C/C(O)C(COC1OC(CO)C(O)C(O)C1O)NC(=O)CCCCCCCCCCC/C=C\CCCCCCCCCCCCCC. The molecule has 0 aliphatic carbocycles. The number of amides is 1. The Hall–Kier alpha value is -1.59. The maximum Gasteiger partial charge on any atom is 0.220 e. The minimum Gasteiger partial charge on any atom is -0.394 e. The van der Waals surface area contributed by atoms with Crippen LogP contribution in [-0.4, -0.2) is 87.5 Å². The average Bonchev–Trinajstić information content (AvgIpc) is 3.21. The molecule has 7 atom stereocenters. The van der Waals surface area contributed by atoms with Crippen molar-refractivity contribution in [3.05, 3.63) is 36.5 Å². The summed E-state index contributed by atoms with van der Waals surface area (Å²) in [5.41, 5.74) is 0. The number of allylic oxidation sites excluding steroid dienone is 5. The second-order valence-electron chi connectivity index (χ2n) is 16.5. The number of carbonyl (C=O) groups is 1. The molecule has 1 amide bonds. The summed E-state index contributed by atoms with van der Waals surface area (Å²) in [6, 6.07) is -0.819. The first-order valence-electron chi connectivity index (χ1n) is 23.7. The van der Waals surface area contributed by atoms with Gasteiger partial charge in [0.25, 0.3) is 0 Å². The Balaban J connectivity index is 2.21. The van der Waals surface area contributed by atoms with Crippen LogP contribution in [0.4, 0.5) is 0 Å². The van der Waals surface area contributed by atoms with Crippen molar-refractivity contribution < 1.29 is 39.8 Å². The van der Waals surface area contributed by atoms with E-state index in [1.54, 1.807) is 6.08 Å². The first-order valence-corrected chi connectivity index (χ1v) is 23.7. The Morgan fingerprint density at radius 1 is 0.579 bits per heavy atom. The molecule has 0 radical (unpaired) electrons. The van der Waals surface area contributed by atoms with Crippen molar-refractivity contribution in [1.82, 2.24) is 5.32 Å². The predicted octanol–water partition coefficient (Wildman–Crippen LogP) is 10.1. The van der Waals surface area contributed by atoms with Gasteiger partial charge in [-0.1, -0.05) is 179 Å². The van der Waals surface area contributed by atoms with Crippen molar-refractivity contribution in [2.45, 2.75) is 249 Å². The molecule has 7 unspecified atom stereocenters. The molecule has 0 saturated carbocycles. The smallest absolute Gasteiger partial charge is 0.220 e. The first-order chi connectivity index (χ1) is 27.8. The average molecular weight is 808 g/mol. The van der Waals surface area contributed by atoms with E-state index in [2.05, 4.69) is 43.5 Å². The lowest BCUT2D eigenvalue weighted by Crippen LogP contribution is -2.60. The van der Waals surface area contributed by atoms with E-state index in [-0.39, 0.29) is 12.5 Å². The summed E-state index contributed by atoms with van der Waals surface area (Å²) in [6.07, 6.45) is 40.8. The molecule has 0 spiro atoms. The van der Waals surface area contributed by atoms with Crippen LogP contribution in [0.3, 0.4) is 0 Å². The summed E-state index contributed by atoms with van der Waals surface area (Å²) in [6.45, 7) is 3.70. The Morgan fingerprint density at radius 3 is 1.51 bits per heavy atom. The zero-order valence-electron chi connectivity index (χ0n) is 36.6. The highest BCUT2D eigenvalue weighted by atomic mass is 16.7. The Bertz CT molecular complexity index is 987. The summed E-state index contributed by atoms with van der Waals surface area (Å²) in [7, 11) is 0. The summed E-state index contributed by atoms with van der Waals surface area (Å²) in [5.74, 6) is -0.192. The highest BCUT2D eigenvalue weighted by Gasteiger charge is 2.44. The zero-order chi connectivity index (χ0) is 41.6. The second-order valence-corrected chi connectivity index (χ2v) is 16.5. The van der Waals surface area contributed by atoms with Crippen LogP contribution >= 0.6 is 0 Å². The van der Waals surface area contributed by atoms with E-state index < -0.39 is 49.5 Å². The van der Waals surface area contributed by atoms with Crippen molar-refractivity contribution >= 4 is 5.91 Å². The quantitative estimate of drug-likeness (QED) is 0.0266. The molecule has 57 heavy (non-hydrogen) atoms.